The lowest BCUT2D eigenvalue weighted by Crippen LogP contribution is -2.50. The number of fused-ring (bicyclic) bond motifs is 1. The maximum absolute atomic E-state index is 12.9. The zero-order chi connectivity index (χ0) is 26.3. The average molecular weight is 546 g/mol. The van der Waals surface area contributed by atoms with Crippen LogP contribution in [0.25, 0.3) is 5.65 Å². The van der Waals surface area contributed by atoms with Crippen LogP contribution in [0.4, 0.5) is 13.2 Å². The van der Waals surface area contributed by atoms with Gasteiger partial charge in [-0.25, -0.2) is 14.5 Å². The number of aryl methyl sites for hydroxylation is 2. The normalized spacial score (nSPS) is 20.4. The largest absolute Gasteiger partial charge is 0.478 e. The summed E-state index contributed by atoms with van der Waals surface area (Å²) in [5.41, 5.74) is 0.901. The lowest BCUT2D eigenvalue weighted by atomic mass is 9.95. The van der Waals surface area contributed by atoms with Gasteiger partial charge in [-0.05, 0) is 45.2 Å². The first kappa shape index (κ1) is 26.1. The average Bonchev–Trinajstić information content (AvgIpc) is 3.22. The van der Waals surface area contributed by atoms with Gasteiger partial charge in [0.2, 0.25) is 5.82 Å². The molecule has 0 bridgehead atoms. The van der Waals surface area contributed by atoms with Gasteiger partial charge in [0, 0.05) is 40.1 Å². The highest BCUT2D eigenvalue weighted by atomic mass is 35.5. The van der Waals surface area contributed by atoms with Crippen LogP contribution < -0.4 is 14.8 Å². The molecular weight excluding hydrogens is 523 g/mol. The predicted octanol–water partition coefficient (Wildman–Crippen LogP) is 4.16. The summed E-state index contributed by atoms with van der Waals surface area (Å²) in [6, 6.07) is 2.81. The SMILES string of the molecule is Cc1cc2nc(C(=O)NC3(C)CCS(=O)CC3)nn2c(C)c1Oc1ncc(Cl)cc1OCC(F)(F)F. The van der Waals surface area contributed by atoms with Crippen molar-refractivity contribution in [3.05, 3.63) is 40.4 Å². The number of nitrogens with zero attached hydrogens (tertiary/aromatic N) is 4. The molecule has 1 fully saturated rings. The molecule has 1 amide bonds. The third kappa shape index (κ3) is 5.89. The molecule has 3 aromatic rings. The molecule has 1 aliphatic rings. The summed E-state index contributed by atoms with van der Waals surface area (Å²) in [6.07, 6.45) is -2.17. The van der Waals surface area contributed by atoms with Crippen LogP contribution in [-0.2, 0) is 10.8 Å². The third-order valence-electron chi connectivity index (χ3n) is 5.74. The van der Waals surface area contributed by atoms with E-state index in [-0.39, 0.29) is 28.2 Å². The number of hydrogen-bond acceptors (Lipinski definition) is 7. The summed E-state index contributed by atoms with van der Waals surface area (Å²) in [5.74, 6) is 0.280. The minimum Gasteiger partial charge on any atom is -0.478 e. The number of halogens is 4. The van der Waals surface area contributed by atoms with Gasteiger partial charge < -0.3 is 14.8 Å². The van der Waals surface area contributed by atoms with E-state index < -0.39 is 35.0 Å². The van der Waals surface area contributed by atoms with E-state index in [1.54, 1.807) is 19.9 Å². The number of carbonyl (C=O) groups excluding carboxylic acids is 1. The fourth-order valence-electron chi connectivity index (χ4n) is 3.76. The van der Waals surface area contributed by atoms with Crippen molar-refractivity contribution in [2.24, 2.45) is 0 Å². The van der Waals surface area contributed by atoms with E-state index in [2.05, 4.69) is 20.4 Å². The Balaban J connectivity index is 1.61. The minimum atomic E-state index is -4.56. The van der Waals surface area contributed by atoms with Crippen LogP contribution in [0.1, 0.15) is 41.6 Å². The number of ether oxygens (including phenoxy) is 2. The van der Waals surface area contributed by atoms with Gasteiger partial charge in [-0.1, -0.05) is 11.6 Å². The molecule has 1 saturated heterocycles. The molecule has 0 aromatic carbocycles. The first-order valence-electron chi connectivity index (χ1n) is 10.9. The topological polar surface area (TPSA) is 108 Å². The first-order valence-corrected chi connectivity index (χ1v) is 12.8. The number of nitrogens with one attached hydrogen (secondary N) is 1. The standard InChI is InChI=1S/C22H23ClF3N5O4S/c1-12-8-16-28-18(19(32)29-21(3)4-6-36(33)7-5-21)30-31(16)13(2)17(12)35-20-15(9-14(23)10-27-20)34-11-22(24,25)26/h8-10H,4-7,11H2,1-3H3,(H,29,32). The molecular formula is C22H23ClF3N5O4S. The highest BCUT2D eigenvalue weighted by Crippen LogP contribution is 2.36. The van der Waals surface area contributed by atoms with Gasteiger partial charge in [-0.3, -0.25) is 9.00 Å². The maximum atomic E-state index is 12.9. The Morgan fingerprint density at radius 1 is 1.28 bits per heavy atom. The van der Waals surface area contributed by atoms with E-state index in [0.717, 1.165) is 0 Å². The summed E-state index contributed by atoms with van der Waals surface area (Å²) in [4.78, 5) is 21.2. The zero-order valence-electron chi connectivity index (χ0n) is 19.6. The molecule has 1 N–H and O–H groups in total. The van der Waals surface area contributed by atoms with Crippen molar-refractivity contribution >= 4 is 34.0 Å². The van der Waals surface area contributed by atoms with E-state index >= 15 is 0 Å². The van der Waals surface area contributed by atoms with Crippen molar-refractivity contribution in [3.8, 4) is 17.4 Å². The monoisotopic (exact) mass is 545 g/mol. The van der Waals surface area contributed by atoms with Gasteiger partial charge in [0.1, 0.15) is 0 Å². The predicted molar refractivity (Wildman–Crippen MR) is 126 cm³/mol. The van der Waals surface area contributed by atoms with E-state index in [1.807, 2.05) is 6.92 Å². The van der Waals surface area contributed by atoms with Crippen molar-refractivity contribution in [1.29, 1.82) is 0 Å². The Hall–Kier alpha value is -2.93. The van der Waals surface area contributed by atoms with Crippen molar-refractivity contribution in [3.63, 3.8) is 0 Å². The fraction of sp³-hybridized carbons (Fsp3) is 0.455. The fourth-order valence-corrected chi connectivity index (χ4v) is 5.47. The van der Waals surface area contributed by atoms with Gasteiger partial charge in [0.05, 0.1) is 10.7 Å². The van der Waals surface area contributed by atoms with Gasteiger partial charge in [-0.15, -0.1) is 5.10 Å². The third-order valence-corrected chi connectivity index (χ3v) is 7.26. The molecule has 0 atom stereocenters. The number of aromatic nitrogens is 4. The van der Waals surface area contributed by atoms with Gasteiger partial charge in [0.25, 0.3) is 11.8 Å². The Bertz CT molecular complexity index is 1340. The molecule has 3 aromatic heterocycles. The molecule has 36 heavy (non-hydrogen) atoms. The molecule has 14 heteroatoms. The van der Waals surface area contributed by atoms with E-state index in [4.69, 9.17) is 21.1 Å². The van der Waals surface area contributed by atoms with E-state index in [1.165, 1.54) is 16.8 Å². The van der Waals surface area contributed by atoms with Crippen LogP contribution in [0, 0.1) is 13.8 Å². The molecule has 0 aliphatic carbocycles. The number of amides is 1. The number of pyridine rings is 2. The van der Waals surface area contributed by atoms with Gasteiger partial charge in [0.15, 0.2) is 23.8 Å². The number of rotatable bonds is 6. The highest BCUT2D eigenvalue weighted by molar-refractivity contribution is 7.85. The molecule has 194 valence electrons. The minimum absolute atomic E-state index is 0.0543. The summed E-state index contributed by atoms with van der Waals surface area (Å²) in [6.45, 7) is 3.73. The van der Waals surface area contributed by atoms with Crippen LogP contribution in [0.2, 0.25) is 5.02 Å². The molecule has 0 unspecified atom stereocenters. The van der Waals surface area contributed by atoms with Gasteiger partial charge >= 0.3 is 6.18 Å². The molecule has 0 spiro atoms. The smallest absolute Gasteiger partial charge is 0.422 e. The molecule has 9 nitrogen and oxygen atoms in total. The summed E-state index contributed by atoms with van der Waals surface area (Å²) < 4.78 is 61.8. The highest BCUT2D eigenvalue weighted by Gasteiger charge is 2.33. The van der Waals surface area contributed by atoms with Crippen LogP contribution in [0.3, 0.4) is 0 Å². The van der Waals surface area contributed by atoms with Crippen LogP contribution in [0.15, 0.2) is 18.3 Å². The Kier molecular flexibility index (Phi) is 7.15. The number of carbonyl (C=O) groups is 1. The Morgan fingerprint density at radius 2 is 1.97 bits per heavy atom. The van der Waals surface area contributed by atoms with Crippen molar-refractivity contribution in [2.75, 3.05) is 18.1 Å². The van der Waals surface area contributed by atoms with Crippen LogP contribution in [0.5, 0.6) is 17.4 Å². The van der Waals surface area contributed by atoms with Crippen molar-refractivity contribution in [1.82, 2.24) is 24.9 Å². The zero-order valence-corrected chi connectivity index (χ0v) is 21.2. The molecule has 4 heterocycles. The number of alkyl halides is 3. The molecule has 0 radical (unpaired) electrons. The van der Waals surface area contributed by atoms with E-state index in [9.17, 15) is 22.2 Å². The lowest BCUT2D eigenvalue weighted by Gasteiger charge is -2.33. The summed E-state index contributed by atoms with van der Waals surface area (Å²) >= 11 is 5.87. The molecule has 0 saturated carbocycles. The quantitative estimate of drug-likeness (QED) is 0.495. The lowest BCUT2D eigenvalue weighted by molar-refractivity contribution is -0.153. The second kappa shape index (κ2) is 9.85. The maximum Gasteiger partial charge on any atom is 0.422 e. The first-order chi connectivity index (χ1) is 16.8. The van der Waals surface area contributed by atoms with Gasteiger partial charge in [-0.2, -0.15) is 13.2 Å². The van der Waals surface area contributed by atoms with Crippen LogP contribution >= 0.6 is 11.6 Å². The summed E-state index contributed by atoms with van der Waals surface area (Å²) in [7, 11) is -0.871. The van der Waals surface area contributed by atoms with Crippen molar-refractivity contribution < 1.29 is 31.6 Å². The second-order valence-corrected chi connectivity index (χ2v) is 10.9. The molecule has 1 aliphatic heterocycles. The Morgan fingerprint density at radius 3 is 2.64 bits per heavy atom. The Labute approximate surface area is 211 Å². The summed E-state index contributed by atoms with van der Waals surface area (Å²) in [5, 5.41) is 7.33. The molecule has 4 rings (SSSR count). The van der Waals surface area contributed by atoms with E-state index in [0.29, 0.717) is 41.3 Å². The van der Waals surface area contributed by atoms with Crippen molar-refractivity contribution in [2.45, 2.75) is 45.3 Å². The second-order valence-electron chi connectivity index (χ2n) is 8.77. The van der Waals surface area contributed by atoms with Crippen LogP contribution in [-0.4, -0.2) is 59.5 Å². The number of hydrogen-bond donors (Lipinski definition) is 1.